The maximum atomic E-state index is 12.0. The van der Waals surface area contributed by atoms with E-state index in [0.717, 1.165) is 16.8 Å². The highest BCUT2D eigenvalue weighted by Gasteiger charge is 2.28. The Balaban J connectivity index is 1.76. The monoisotopic (exact) mass is 333 g/mol. The molecule has 0 unspecified atom stereocenters. The van der Waals surface area contributed by atoms with E-state index in [-0.39, 0.29) is 12.4 Å². The van der Waals surface area contributed by atoms with Crippen LogP contribution in [0.5, 0.6) is 0 Å². The molecule has 2 N–H and O–H groups in total. The van der Waals surface area contributed by atoms with E-state index in [1.54, 1.807) is 18.5 Å². The SMILES string of the molecule is O=S1(=O)CCCN1c1cccc(CNc2ccncc2CO)c1. The minimum absolute atomic E-state index is 0.0811. The molecule has 1 saturated heterocycles. The molecule has 1 aliphatic heterocycles. The van der Waals surface area contributed by atoms with Crippen molar-refractivity contribution in [2.24, 2.45) is 0 Å². The molecule has 122 valence electrons. The fraction of sp³-hybridized carbons (Fsp3) is 0.312. The number of hydrogen-bond donors (Lipinski definition) is 2. The summed E-state index contributed by atoms with van der Waals surface area (Å²) >= 11 is 0. The van der Waals surface area contributed by atoms with Crippen LogP contribution < -0.4 is 9.62 Å². The Labute approximate surface area is 135 Å². The van der Waals surface area contributed by atoms with Gasteiger partial charge in [0.15, 0.2) is 0 Å². The van der Waals surface area contributed by atoms with E-state index in [1.807, 2.05) is 24.3 Å². The van der Waals surface area contributed by atoms with Gasteiger partial charge in [0, 0.05) is 36.7 Å². The van der Waals surface area contributed by atoms with Crippen LogP contribution in [-0.4, -0.2) is 30.8 Å². The molecule has 0 aliphatic carbocycles. The summed E-state index contributed by atoms with van der Waals surface area (Å²) in [6.45, 7) is 0.999. The van der Waals surface area contributed by atoms with Crippen LogP contribution in [0.3, 0.4) is 0 Å². The summed E-state index contributed by atoms with van der Waals surface area (Å²) in [6.07, 6.45) is 3.95. The van der Waals surface area contributed by atoms with Gasteiger partial charge in [0.2, 0.25) is 10.0 Å². The van der Waals surface area contributed by atoms with Gasteiger partial charge in [0.05, 0.1) is 18.0 Å². The van der Waals surface area contributed by atoms with Gasteiger partial charge >= 0.3 is 0 Å². The van der Waals surface area contributed by atoms with E-state index >= 15 is 0 Å². The number of aliphatic hydroxyl groups excluding tert-OH is 1. The van der Waals surface area contributed by atoms with Crippen molar-refractivity contribution in [3.63, 3.8) is 0 Å². The lowest BCUT2D eigenvalue weighted by molar-refractivity contribution is 0.282. The second-order valence-corrected chi connectivity index (χ2v) is 7.47. The number of hydrogen-bond acceptors (Lipinski definition) is 5. The predicted octanol–water partition coefficient (Wildman–Crippen LogP) is 1.73. The topological polar surface area (TPSA) is 82.5 Å². The maximum Gasteiger partial charge on any atom is 0.235 e. The molecule has 2 aromatic rings. The Hall–Kier alpha value is -2.12. The molecule has 1 aromatic heterocycles. The van der Waals surface area contributed by atoms with Crippen molar-refractivity contribution < 1.29 is 13.5 Å². The van der Waals surface area contributed by atoms with Crippen LogP contribution in [0.1, 0.15) is 17.5 Å². The highest BCUT2D eigenvalue weighted by molar-refractivity contribution is 7.93. The number of sulfonamides is 1. The zero-order chi connectivity index (χ0) is 16.3. The van der Waals surface area contributed by atoms with E-state index < -0.39 is 10.0 Å². The summed E-state index contributed by atoms with van der Waals surface area (Å²) in [7, 11) is -3.16. The number of aromatic nitrogens is 1. The van der Waals surface area contributed by atoms with Gasteiger partial charge in [-0.15, -0.1) is 0 Å². The van der Waals surface area contributed by atoms with Crippen molar-refractivity contribution in [2.75, 3.05) is 21.9 Å². The van der Waals surface area contributed by atoms with Crippen LogP contribution in [0.15, 0.2) is 42.7 Å². The summed E-state index contributed by atoms with van der Waals surface area (Å²) in [5.74, 6) is 0.215. The fourth-order valence-electron chi connectivity index (χ4n) is 2.67. The maximum absolute atomic E-state index is 12.0. The third-order valence-electron chi connectivity index (χ3n) is 3.85. The van der Waals surface area contributed by atoms with Gasteiger partial charge in [-0.3, -0.25) is 9.29 Å². The Kier molecular flexibility index (Phi) is 4.49. The van der Waals surface area contributed by atoms with Gasteiger partial charge in [-0.2, -0.15) is 0 Å². The van der Waals surface area contributed by atoms with Gasteiger partial charge in [-0.1, -0.05) is 12.1 Å². The number of anilines is 2. The van der Waals surface area contributed by atoms with Gasteiger partial charge in [0.25, 0.3) is 0 Å². The molecule has 3 rings (SSSR count). The average molecular weight is 333 g/mol. The molecule has 6 nitrogen and oxygen atoms in total. The van der Waals surface area contributed by atoms with Crippen LogP contribution in [0, 0.1) is 0 Å². The lowest BCUT2D eigenvalue weighted by Crippen LogP contribution is -2.25. The largest absolute Gasteiger partial charge is 0.392 e. The van der Waals surface area contributed by atoms with Gasteiger partial charge < -0.3 is 10.4 Å². The number of aliphatic hydroxyl groups is 1. The van der Waals surface area contributed by atoms with E-state index in [9.17, 15) is 13.5 Å². The van der Waals surface area contributed by atoms with E-state index in [2.05, 4.69) is 10.3 Å². The molecule has 23 heavy (non-hydrogen) atoms. The van der Waals surface area contributed by atoms with Gasteiger partial charge in [0.1, 0.15) is 0 Å². The van der Waals surface area contributed by atoms with Crippen molar-refractivity contribution in [1.82, 2.24) is 4.98 Å². The fourth-order valence-corrected chi connectivity index (χ4v) is 4.23. The molecule has 2 heterocycles. The summed E-state index contributed by atoms with van der Waals surface area (Å²) in [5.41, 5.74) is 3.23. The van der Waals surface area contributed by atoms with Crippen molar-refractivity contribution in [3.05, 3.63) is 53.9 Å². The minimum Gasteiger partial charge on any atom is -0.392 e. The van der Waals surface area contributed by atoms with Crippen molar-refractivity contribution in [1.29, 1.82) is 0 Å². The zero-order valence-corrected chi connectivity index (χ0v) is 13.5. The average Bonchev–Trinajstić information content (AvgIpc) is 2.92. The molecule has 0 spiro atoms. The minimum atomic E-state index is -3.16. The summed E-state index contributed by atoms with van der Waals surface area (Å²) < 4.78 is 25.5. The molecular weight excluding hydrogens is 314 g/mol. The molecular formula is C16H19N3O3S. The predicted molar refractivity (Wildman–Crippen MR) is 89.7 cm³/mol. The molecule has 0 saturated carbocycles. The smallest absolute Gasteiger partial charge is 0.235 e. The third-order valence-corrected chi connectivity index (χ3v) is 5.72. The number of nitrogens with zero attached hydrogens (tertiary/aromatic N) is 2. The van der Waals surface area contributed by atoms with Crippen LogP contribution in [0.25, 0.3) is 0 Å². The molecule has 1 aromatic carbocycles. The Morgan fingerprint density at radius 3 is 2.91 bits per heavy atom. The summed E-state index contributed by atoms with van der Waals surface area (Å²) in [6, 6.07) is 9.31. The van der Waals surface area contributed by atoms with Crippen LogP contribution in [0.2, 0.25) is 0 Å². The van der Waals surface area contributed by atoms with Crippen LogP contribution >= 0.6 is 0 Å². The Bertz CT molecular complexity index is 793. The second-order valence-electron chi connectivity index (χ2n) is 5.46. The number of rotatable bonds is 5. The summed E-state index contributed by atoms with van der Waals surface area (Å²) in [4.78, 5) is 3.98. The van der Waals surface area contributed by atoms with Crippen LogP contribution in [-0.2, 0) is 23.2 Å². The van der Waals surface area contributed by atoms with Crippen molar-refractivity contribution in [2.45, 2.75) is 19.6 Å². The Morgan fingerprint density at radius 1 is 1.30 bits per heavy atom. The first kappa shape index (κ1) is 15.8. The standard InChI is InChI=1S/C16H19N3O3S/c20-12-14-11-17-6-5-16(14)18-10-13-3-1-4-15(9-13)19-7-2-8-23(19,21)22/h1,3-6,9,11,20H,2,7-8,10,12H2,(H,17,18). The second kappa shape index (κ2) is 6.55. The van der Waals surface area contributed by atoms with Gasteiger partial charge in [-0.25, -0.2) is 8.42 Å². The van der Waals surface area contributed by atoms with Gasteiger partial charge in [-0.05, 0) is 30.2 Å². The quantitative estimate of drug-likeness (QED) is 0.871. The zero-order valence-electron chi connectivity index (χ0n) is 12.6. The number of pyridine rings is 1. The van der Waals surface area contributed by atoms with E-state index in [1.165, 1.54) is 4.31 Å². The first-order valence-corrected chi connectivity index (χ1v) is 9.08. The third kappa shape index (κ3) is 3.46. The number of nitrogens with one attached hydrogen (secondary N) is 1. The van der Waals surface area contributed by atoms with E-state index in [0.29, 0.717) is 25.2 Å². The molecule has 0 radical (unpaired) electrons. The first-order valence-electron chi connectivity index (χ1n) is 7.47. The number of benzene rings is 1. The summed E-state index contributed by atoms with van der Waals surface area (Å²) in [5, 5.41) is 12.6. The van der Waals surface area contributed by atoms with Crippen molar-refractivity contribution >= 4 is 21.4 Å². The molecule has 1 aliphatic rings. The molecule has 1 fully saturated rings. The highest BCUT2D eigenvalue weighted by Crippen LogP contribution is 2.25. The first-order chi connectivity index (χ1) is 11.1. The van der Waals surface area contributed by atoms with Crippen LogP contribution in [0.4, 0.5) is 11.4 Å². The molecule has 0 bridgehead atoms. The normalized spacial score (nSPS) is 16.5. The molecule has 0 atom stereocenters. The van der Waals surface area contributed by atoms with Crippen molar-refractivity contribution in [3.8, 4) is 0 Å². The van der Waals surface area contributed by atoms with E-state index in [4.69, 9.17) is 0 Å². The molecule has 7 heteroatoms. The lowest BCUT2D eigenvalue weighted by Gasteiger charge is -2.18. The molecule has 0 amide bonds. The lowest BCUT2D eigenvalue weighted by atomic mass is 10.2. The Morgan fingerprint density at radius 2 is 2.17 bits per heavy atom. The highest BCUT2D eigenvalue weighted by atomic mass is 32.2.